The summed E-state index contributed by atoms with van der Waals surface area (Å²) in [7, 11) is 0. The van der Waals surface area contributed by atoms with Crippen LogP contribution in [0.2, 0.25) is 0 Å². The van der Waals surface area contributed by atoms with Crippen molar-refractivity contribution in [2.75, 3.05) is 45.8 Å². The number of carbonyl (C=O) groups excluding carboxylic acids is 2. The van der Waals surface area contributed by atoms with E-state index in [-0.39, 0.29) is 11.8 Å². The number of benzene rings is 2. The summed E-state index contributed by atoms with van der Waals surface area (Å²) in [6, 6.07) is 17.3. The van der Waals surface area contributed by atoms with Crippen molar-refractivity contribution in [2.45, 2.75) is 19.4 Å². The number of nitrogens with zero attached hydrogens (tertiary/aromatic N) is 3. The van der Waals surface area contributed by atoms with Gasteiger partial charge in [-0.15, -0.1) is 0 Å². The first kappa shape index (κ1) is 20.4. The molecule has 0 aliphatic carbocycles. The van der Waals surface area contributed by atoms with Crippen molar-refractivity contribution >= 4 is 11.8 Å². The van der Waals surface area contributed by atoms with Crippen LogP contribution in [0.3, 0.4) is 0 Å². The van der Waals surface area contributed by atoms with Crippen LogP contribution in [0.15, 0.2) is 54.6 Å². The predicted molar refractivity (Wildman–Crippen MR) is 115 cm³/mol. The van der Waals surface area contributed by atoms with Gasteiger partial charge in [-0.05, 0) is 31.0 Å². The van der Waals surface area contributed by atoms with Gasteiger partial charge in [-0.1, -0.05) is 36.4 Å². The maximum Gasteiger partial charge on any atom is 0.254 e. The van der Waals surface area contributed by atoms with Crippen LogP contribution in [-0.2, 0) is 11.4 Å². The van der Waals surface area contributed by atoms with E-state index in [2.05, 4.69) is 4.90 Å². The summed E-state index contributed by atoms with van der Waals surface area (Å²) in [5.74, 6) is 1.04. The third kappa shape index (κ3) is 5.00. The lowest BCUT2D eigenvalue weighted by Crippen LogP contribution is -2.51. The van der Waals surface area contributed by atoms with Crippen LogP contribution in [0.4, 0.5) is 0 Å². The topological polar surface area (TPSA) is 53.1 Å². The third-order valence-corrected chi connectivity index (χ3v) is 5.86. The molecule has 2 fully saturated rings. The first-order valence-electron chi connectivity index (χ1n) is 10.8. The molecular weight excluding hydrogens is 378 g/mol. The monoisotopic (exact) mass is 407 g/mol. The fraction of sp³-hybridized carbons (Fsp3) is 0.417. The average molecular weight is 408 g/mol. The zero-order valence-electron chi connectivity index (χ0n) is 17.3. The Kier molecular flexibility index (Phi) is 6.64. The van der Waals surface area contributed by atoms with Gasteiger partial charge in [0.15, 0.2) is 0 Å². The Morgan fingerprint density at radius 1 is 0.767 bits per heavy atom. The Morgan fingerprint density at radius 2 is 1.43 bits per heavy atom. The highest BCUT2D eigenvalue weighted by Gasteiger charge is 2.26. The van der Waals surface area contributed by atoms with Gasteiger partial charge in [-0.3, -0.25) is 14.5 Å². The second kappa shape index (κ2) is 9.76. The van der Waals surface area contributed by atoms with Gasteiger partial charge in [0.25, 0.3) is 5.91 Å². The maximum atomic E-state index is 13.1. The summed E-state index contributed by atoms with van der Waals surface area (Å²) in [5.41, 5.74) is 1.58. The second-order valence-corrected chi connectivity index (χ2v) is 7.92. The summed E-state index contributed by atoms with van der Waals surface area (Å²) in [5, 5.41) is 0. The average Bonchev–Trinajstić information content (AvgIpc) is 3.34. The summed E-state index contributed by atoms with van der Waals surface area (Å²) >= 11 is 0. The molecule has 0 atom stereocenters. The minimum Gasteiger partial charge on any atom is -0.489 e. The molecular formula is C24H29N3O3. The Balaban J connectivity index is 1.32. The molecule has 6 heteroatoms. The van der Waals surface area contributed by atoms with Gasteiger partial charge < -0.3 is 14.5 Å². The molecule has 0 radical (unpaired) electrons. The van der Waals surface area contributed by atoms with E-state index in [9.17, 15) is 9.59 Å². The number of likely N-dealkylation sites (tertiary alicyclic amines) is 1. The van der Waals surface area contributed by atoms with Crippen molar-refractivity contribution < 1.29 is 14.3 Å². The zero-order chi connectivity index (χ0) is 20.8. The molecule has 0 spiro atoms. The molecule has 158 valence electrons. The second-order valence-electron chi connectivity index (χ2n) is 7.92. The van der Waals surface area contributed by atoms with E-state index < -0.39 is 0 Å². The Morgan fingerprint density at radius 3 is 2.17 bits per heavy atom. The Labute approximate surface area is 178 Å². The number of ether oxygens (including phenoxy) is 1. The van der Waals surface area contributed by atoms with Gasteiger partial charge in [0.2, 0.25) is 5.91 Å². The molecule has 6 nitrogen and oxygen atoms in total. The molecule has 2 aliphatic heterocycles. The summed E-state index contributed by atoms with van der Waals surface area (Å²) < 4.78 is 5.86. The maximum absolute atomic E-state index is 13.1. The van der Waals surface area contributed by atoms with E-state index in [1.54, 1.807) is 0 Å². The minimum atomic E-state index is 0.0350. The molecule has 2 aliphatic rings. The standard InChI is InChI=1S/C24H29N3O3/c28-23(26-12-6-7-13-26)18-25-14-16-27(17-15-25)24(29)22-11-5-4-8-20(22)19-30-21-9-2-1-3-10-21/h1-5,8-11H,6-7,12-19H2. The van der Waals surface area contributed by atoms with Crippen LogP contribution in [-0.4, -0.2) is 72.3 Å². The highest BCUT2D eigenvalue weighted by Crippen LogP contribution is 2.17. The van der Waals surface area contributed by atoms with Gasteiger partial charge in [0, 0.05) is 50.4 Å². The minimum absolute atomic E-state index is 0.0350. The Bertz CT molecular complexity index is 857. The lowest BCUT2D eigenvalue weighted by atomic mass is 10.1. The highest BCUT2D eigenvalue weighted by atomic mass is 16.5. The SMILES string of the molecule is O=C(CN1CCN(C(=O)c2ccccc2COc2ccccc2)CC1)N1CCCC1. The lowest BCUT2D eigenvalue weighted by Gasteiger charge is -2.35. The highest BCUT2D eigenvalue weighted by molar-refractivity contribution is 5.95. The molecule has 0 bridgehead atoms. The summed E-state index contributed by atoms with van der Waals surface area (Å²) in [6.07, 6.45) is 2.23. The molecule has 2 aromatic carbocycles. The number of hydrogen-bond donors (Lipinski definition) is 0. The molecule has 2 aromatic rings. The van der Waals surface area contributed by atoms with Crippen molar-refractivity contribution in [1.29, 1.82) is 0 Å². The number of amides is 2. The third-order valence-electron chi connectivity index (χ3n) is 5.86. The van der Waals surface area contributed by atoms with Gasteiger partial charge in [-0.2, -0.15) is 0 Å². The first-order chi connectivity index (χ1) is 14.7. The van der Waals surface area contributed by atoms with Crippen LogP contribution in [0.5, 0.6) is 5.75 Å². The normalized spacial score (nSPS) is 17.2. The summed E-state index contributed by atoms with van der Waals surface area (Å²) in [6.45, 7) is 5.33. The number of carbonyl (C=O) groups is 2. The van der Waals surface area contributed by atoms with Crippen molar-refractivity contribution in [2.24, 2.45) is 0 Å². The van der Waals surface area contributed by atoms with Gasteiger partial charge in [-0.25, -0.2) is 0 Å². The first-order valence-corrected chi connectivity index (χ1v) is 10.8. The number of rotatable bonds is 6. The number of para-hydroxylation sites is 1. The van der Waals surface area contributed by atoms with E-state index in [4.69, 9.17) is 4.74 Å². The van der Waals surface area contributed by atoms with E-state index >= 15 is 0 Å². The molecule has 0 unspecified atom stereocenters. The Hall–Kier alpha value is -2.86. The fourth-order valence-corrected chi connectivity index (χ4v) is 4.07. The molecule has 2 heterocycles. The van der Waals surface area contributed by atoms with Crippen LogP contribution < -0.4 is 4.74 Å². The van der Waals surface area contributed by atoms with Crippen molar-refractivity contribution in [3.8, 4) is 5.75 Å². The fourth-order valence-electron chi connectivity index (χ4n) is 4.07. The van der Waals surface area contributed by atoms with Crippen molar-refractivity contribution in [1.82, 2.24) is 14.7 Å². The van der Waals surface area contributed by atoms with Crippen LogP contribution in [0.25, 0.3) is 0 Å². The predicted octanol–water partition coefficient (Wildman–Crippen LogP) is 2.65. The van der Waals surface area contributed by atoms with Crippen LogP contribution in [0, 0.1) is 0 Å². The van der Waals surface area contributed by atoms with E-state index in [1.165, 1.54) is 0 Å². The van der Waals surface area contributed by atoms with Crippen molar-refractivity contribution in [3.05, 3.63) is 65.7 Å². The molecule has 4 rings (SSSR count). The molecule has 2 saturated heterocycles. The van der Waals surface area contributed by atoms with Crippen LogP contribution in [0.1, 0.15) is 28.8 Å². The molecule has 2 amide bonds. The zero-order valence-corrected chi connectivity index (χ0v) is 17.3. The molecule has 0 saturated carbocycles. The smallest absolute Gasteiger partial charge is 0.254 e. The molecule has 0 N–H and O–H groups in total. The molecule has 0 aromatic heterocycles. The number of hydrogen-bond acceptors (Lipinski definition) is 4. The van der Waals surface area contributed by atoms with E-state index in [0.29, 0.717) is 31.8 Å². The van der Waals surface area contributed by atoms with Crippen molar-refractivity contribution in [3.63, 3.8) is 0 Å². The molecule has 30 heavy (non-hydrogen) atoms. The van der Waals surface area contributed by atoms with Crippen LogP contribution >= 0.6 is 0 Å². The van der Waals surface area contributed by atoms with Gasteiger partial charge >= 0.3 is 0 Å². The van der Waals surface area contributed by atoms with Gasteiger partial charge in [0.1, 0.15) is 12.4 Å². The lowest BCUT2D eigenvalue weighted by molar-refractivity contribution is -0.131. The summed E-state index contributed by atoms with van der Waals surface area (Å²) in [4.78, 5) is 31.5. The van der Waals surface area contributed by atoms with E-state index in [0.717, 1.165) is 50.3 Å². The quantitative estimate of drug-likeness (QED) is 0.739. The van der Waals surface area contributed by atoms with E-state index in [1.807, 2.05) is 64.4 Å². The van der Waals surface area contributed by atoms with Gasteiger partial charge in [0.05, 0.1) is 6.54 Å². The number of piperazine rings is 1. The largest absolute Gasteiger partial charge is 0.489 e.